The number of hydrogen-bond donors (Lipinski definition) is 0. The summed E-state index contributed by atoms with van der Waals surface area (Å²) >= 11 is 0. The molecule has 0 heterocycles. The van der Waals surface area contributed by atoms with Gasteiger partial charge in [0, 0.05) is 25.0 Å². The van der Waals surface area contributed by atoms with Gasteiger partial charge in [0.15, 0.2) is 0 Å². The minimum Gasteiger partial charge on any atom is -0.298 e. The third-order valence-corrected chi connectivity index (χ3v) is 1.74. The van der Waals surface area contributed by atoms with Crippen LogP contribution in [0.1, 0.15) is 35.7 Å². The zero-order valence-electron chi connectivity index (χ0n) is 7.58. The summed E-state index contributed by atoms with van der Waals surface area (Å²) in [4.78, 5) is 10.5. The van der Waals surface area contributed by atoms with Crippen molar-refractivity contribution in [2.75, 3.05) is 0 Å². The van der Waals surface area contributed by atoms with E-state index in [1.54, 1.807) is 0 Å². The van der Waals surface area contributed by atoms with E-state index in [1.165, 1.54) is 0 Å². The van der Waals surface area contributed by atoms with E-state index < -0.39 is 0 Å². The summed E-state index contributed by atoms with van der Waals surface area (Å²) in [5.41, 5.74) is 1.94. The van der Waals surface area contributed by atoms with E-state index in [2.05, 4.69) is 13.8 Å². The van der Waals surface area contributed by atoms with E-state index in [0.717, 1.165) is 17.4 Å². The SMILES string of the molecule is CC(C)c1ccccc1C=O.[Zn]. The molecule has 0 aliphatic heterocycles. The minimum absolute atomic E-state index is 0. The molecule has 0 aliphatic rings. The van der Waals surface area contributed by atoms with Gasteiger partial charge >= 0.3 is 0 Å². The van der Waals surface area contributed by atoms with Crippen molar-refractivity contribution in [3.05, 3.63) is 35.4 Å². The van der Waals surface area contributed by atoms with Gasteiger partial charge in [-0.1, -0.05) is 38.1 Å². The maximum Gasteiger partial charge on any atom is 0.150 e. The molecule has 0 radical (unpaired) electrons. The van der Waals surface area contributed by atoms with Crippen molar-refractivity contribution in [3.63, 3.8) is 0 Å². The van der Waals surface area contributed by atoms with Gasteiger partial charge in [0.05, 0.1) is 0 Å². The van der Waals surface area contributed by atoms with Crippen LogP contribution in [0.15, 0.2) is 24.3 Å². The standard InChI is InChI=1S/C10H12O.Zn/c1-8(2)10-6-4-3-5-9(10)7-11;/h3-8H,1-2H3;. The summed E-state index contributed by atoms with van der Waals surface area (Å²) in [7, 11) is 0. The summed E-state index contributed by atoms with van der Waals surface area (Å²) < 4.78 is 0. The first-order valence-electron chi connectivity index (χ1n) is 3.80. The molecule has 0 saturated carbocycles. The van der Waals surface area contributed by atoms with Crippen molar-refractivity contribution < 1.29 is 24.3 Å². The number of benzene rings is 1. The molecule has 1 aromatic carbocycles. The summed E-state index contributed by atoms with van der Waals surface area (Å²) in [5.74, 6) is 0.427. The first-order chi connectivity index (χ1) is 5.25. The van der Waals surface area contributed by atoms with Crippen molar-refractivity contribution in [2.45, 2.75) is 19.8 Å². The normalized spacial score (nSPS) is 9.25. The van der Waals surface area contributed by atoms with Crippen LogP contribution in [-0.2, 0) is 19.5 Å². The van der Waals surface area contributed by atoms with Gasteiger partial charge in [-0.15, -0.1) is 0 Å². The Bertz CT molecular complexity index is 256. The number of carbonyl (C=O) groups is 1. The molecule has 1 aromatic rings. The minimum atomic E-state index is 0. The maximum atomic E-state index is 10.5. The molecular formula is C10H12OZn. The monoisotopic (exact) mass is 212 g/mol. The Morgan fingerprint density at radius 2 is 1.83 bits per heavy atom. The van der Waals surface area contributed by atoms with Crippen LogP contribution in [-0.4, -0.2) is 6.29 Å². The quantitative estimate of drug-likeness (QED) is 0.545. The van der Waals surface area contributed by atoms with Crippen LogP contribution in [0.25, 0.3) is 0 Å². The summed E-state index contributed by atoms with van der Waals surface area (Å²) in [6, 6.07) is 7.69. The molecule has 0 atom stereocenters. The van der Waals surface area contributed by atoms with Crippen LogP contribution in [0, 0.1) is 0 Å². The van der Waals surface area contributed by atoms with Gasteiger partial charge in [-0.3, -0.25) is 4.79 Å². The summed E-state index contributed by atoms with van der Waals surface area (Å²) in [6.45, 7) is 4.17. The molecular weight excluding hydrogens is 201 g/mol. The van der Waals surface area contributed by atoms with Gasteiger partial charge in [-0.05, 0) is 11.5 Å². The molecule has 0 aromatic heterocycles. The molecule has 1 rings (SSSR count). The third kappa shape index (κ3) is 2.53. The zero-order valence-corrected chi connectivity index (χ0v) is 10.5. The second-order valence-corrected chi connectivity index (χ2v) is 2.90. The fourth-order valence-electron chi connectivity index (χ4n) is 1.14. The predicted octanol–water partition coefficient (Wildman–Crippen LogP) is 2.62. The smallest absolute Gasteiger partial charge is 0.150 e. The average molecular weight is 214 g/mol. The first-order valence-corrected chi connectivity index (χ1v) is 3.80. The molecule has 0 spiro atoms. The Kier molecular flexibility index (Phi) is 5.00. The predicted molar refractivity (Wildman–Crippen MR) is 45.9 cm³/mol. The van der Waals surface area contributed by atoms with E-state index in [1.807, 2.05) is 24.3 Å². The summed E-state index contributed by atoms with van der Waals surface area (Å²) in [5, 5.41) is 0. The largest absolute Gasteiger partial charge is 0.298 e. The molecule has 60 valence electrons. The third-order valence-electron chi connectivity index (χ3n) is 1.74. The topological polar surface area (TPSA) is 17.1 Å². The van der Waals surface area contributed by atoms with Crippen molar-refractivity contribution in [3.8, 4) is 0 Å². The van der Waals surface area contributed by atoms with E-state index in [0.29, 0.717) is 5.92 Å². The number of carbonyl (C=O) groups excluding carboxylic acids is 1. The Hall–Kier alpha value is -0.487. The van der Waals surface area contributed by atoms with Crippen LogP contribution in [0.5, 0.6) is 0 Å². The van der Waals surface area contributed by atoms with Gasteiger partial charge in [-0.25, -0.2) is 0 Å². The van der Waals surface area contributed by atoms with Gasteiger partial charge in [0.2, 0.25) is 0 Å². The van der Waals surface area contributed by atoms with Crippen molar-refractivity contribution in [1.29, 1.82) is 0 Å². The molecule has 1 nitrogen and oxygen atoms in total. The van der Waals surface area contributed by atoms with Crippen LogP contribution < -0.4 is 0 Å². The first kappa shape index (κ1) is 11.5. The molecule has 0 bridgehead atoms. The molecule has 0 unspecified atom stereocenters. The fourth-order valence-corrected chi connectivity index (χ4v) is 1.14. The van der Waals surface area contributed by atoms with Crippen LogP contribution in [0.4, 0.5) is 0 Å². The molecule has 0 N–H and O–H groups in total. The average Bonchev–Trinajstić information content (AvgIpc) is 2.04. The molecule has 2 heteroatoms. The van der Waals surface area contributed by atoms with Crippen molar-refractivity contribution in [2.24, 2.45) is 0 Å². The van der Waals surface area contributed by atoms with Crippen molar-refractivity contribution >= 4 is 6.29 Å². The number of aldehydes is 1. The Morgan fingerprint density at radius 3 is 2.25 bits per heavy atom. The van der Waals surface area contributed by atoms with E-state index in [-0.39, 0.29) is 19.5 Å². The van der Waals surface area contributed by atoms with Crippen LogP contribution in [0.2, 0.25) is 0 Å². The van der Waals surface area contributed by atoms with E-state index in [9.17, 15) is 4.79 Å². The van der Waals surface area contributed by atoms with E-state index >= 15 is 0 Å². The Balaban J connectivity index is 0.00000121. The second-order valence-electron chi connectivity index (χ2n) is 2.90. The van der Waals surface area contributed by atoms with Crippen LogP contribution >= 0.6 is 0 Å². The number of hydrogen-bond acceptors (Lipinski definition) is 1. The zero-order chi connectivity index (χ0) is 8.27. The fraction of sp³-hybridized carbons (Fsp3) is 0.300. The van der Waals surface area contributed by atoms with Crippen molar-refractivity contribution in [1.82, 2.24) is 0 Å². The maximum absolute atomic E-state index is 10.5. The van der Waals surface area contributed by atoms with Gasteiger partial charge < -0.3 is 0 Å². The molecule has 0 amide bonds. The Morgan fingerprint density at radius 1 is 1.25 bits per heavy atom. The molecule has 0 aliphatic carbocycles. The molecule has 12 heavy (non-hydrogen) atoms. The second kappa shape index (κ2) is 5.21. The van der Waals surface area contributed by atoms with Crippen LogP contribution in [0.3, 0.4) is 0 Å². The van der Waals surface area contributed by atoms with Gasteiger partial charge in [0.1, 0.15) is 6.29 Å². The van der Waals surface area contributed by atoms with E-state index in [4.69, 9.17) is 0 Å². The van der Waals surface area contributed by atoms with Gasteiger partial charge in [0.25, 0.3) is 0 Å². The summed E-state index contributed by atoms with van der Waals surface area (Å²) in [6.07, 6.45) is 0.912. The molecule has 0 fully saturated rings. The number of rotatable bonds is 2. The molecule has 0 saturated heterocycles. The Labute approximate surface area is 85.9 Å². The van der Waals surface area contributed by atoms with Gasteiger partial charge in [-0.2, -0.15) is 0 Å².